The zero-order valence-corrected chi connectivity index (χ0v) is 22.5. The van der Waals surface area contributed by atoms with Crippen molar-refractivity contribution in [1.29, 1.82) is 0 Å². The third kappa shape index (κ3) is 8.56. The minimum Gasteiger partial charge on any atom is -0.354 e. The van der Waals surface area contributed by atoms with Gasteiger partial charge < -0.3 is 10.2 Å². The van der Waals surface area contributed by atoms with Gasteiger partial charge in [-0.25, -0.2) is 0 Å². The van der Waals surface area contributed by atoms with Crippen molar-refractivity contribution in [2.75, 3.05) is 12.3 Å². The van der Waals surface area contributed by atoms with Crippen LogP contribution in [0.5, 0.6) is 0 Å². The van der Waals surface area contributed by atoms with E-state index in [4.69, 9.17) is 46.4 Å². The number of carbonyl (C=O) groups is 2. The number of amides is 2. The highest BCUT2D eigenvalue weighted by Gasteiger charge is 2.29. The molecule has 1 N–H and O–H groups in total. The van der Waals surface area contributed by atoms with E-state index in [9.17, 15) is 9.59 Å². The van der Waals surface area contributed by atoms with E-state index in [1.807, 2.05) is 6.92 Å². The van der Waals surface area contributed by atoms with E-state index < -0.39 is 6.04 Å². The predicted molar refractivity (Wildman–Crippen MR) is 142 cm³/mol. The summed E-state index contributed by atoms with van der Waals surface area (Å²) in [5.41, 5.74) is 1.52. The van der Waals surface area contributed by atoms with Crippen molar-refractivity contribution < 1.29 is 9.59 Å². The molecule has 0 radical (unpaired) electrons. The summed E-state index contributed by atoms with van der Waals surface area (Å²) in [7, 11) is 0. The van der Waals surface area contributed by atoms with E-state index in [1.54, 1.807) is 41.3 Å². The Morgan fingerprint density at radius 2 is 1.73 bits per heavy atom. The summed E-state index contributed by atoms with van der Waals surface area (Å²) in [6.45, 7) is 4.74. The molecule has 180 valence electrons. The molecule has 33 heavy (non-hydrogen) atoms. The molecule has 0 aliphatic carbocycles. The maximum absolute atomic E-state index is 13.3. The van der Waals surface area contributed by atoms with Crippen molar-refractivity contribution in [3.8, 4) is 0 Å². The van der Waals surface area contributed by atoms with Crippen LogP contribution >= 0.6 is 58.2 Å². The first-order valence-electron chi connectivity index (χ1n) is 10.8. The molecule has 2 amide bonds. The summed E-state index contributed by atoms with van der Waals surface area (Å²) in [6.07, 6.45) is 2.34. The first-order valence-corrected chi connectivity index (χ1v) is 13.5. The van der Waals surface area contributed by atoms with Crippen LogP contribution in [0.2, 0.25) is 20.1 Å². The highest BCUT2D eigenvalue weighted by atomic mass is 35.5. The van der Waals surface area contributed by atoms with Crippen molar-refractivity contribution >= 4 is 70.0 Å². The van der Waals surface area contributed by atoms with Crippen LogP contribution in [0.25, 0.3) is 0 Å². The second-order valence-electron chi connectivity index (χ2n) is 7.52. The summed E-state index contributed by atoms with van der Waals surface area (Å²) < 4.78 is 0. The lowest BCUT2D eigenvalue weighted by atomic mass is 10.1. The molecular weight excluding hydrogens is 522 g/mol. The third-order valence-corrected chi connectivity index (χ3v) is 7.34. The number of benzene rings is 2. The fraction of sp³-hybridized carbons (Fsp3) is 0.417. The normalized spacial score (nSPS) is 11.8. The van der Waals surface area contributed by atoms with Crippen LogP contribution in [-0.4, -0.2) is 35.1 Å². The highest BCUT2D eigenvalue weighted by Crippen LogP contribution is 2.29. The monoisotopic (exact) mass is 548 g/mol. The molecule has 0 unspecified atom stereocenters. The van der Waals surface area contributed by atoms with Crippen molar-refractivity contribution in [3.63, 3.8) is 0 Å². The minimum atomic E-state index is -0.606. The highest BCUT2D eigenvalue weighted by molar-refractivity contribution is 7.99. The lowest BCUT2D eigenvalue weighted by Crippen LogP contribution is -2.49. The molecule has 9 heteroatoms. The van der Waals surface area contributed by atoms with Crippen LogP contribution in [0.15, 0.2) is 36.4 Å². The number of hydrogen-bond donors (Lipinski definition) is 1. The molecule has 0 fully saturated rings. The van der Waals surface area contributed by atoms with Gasteiger partial charge in [0.2, 0.25) is 11.8 Å². The van der Waals surface area contributed by atoms with Crippen LogP contribution < -0.4 is 5.32 Å². The average molecular weight is 550 g/mol. The van der Waals surface area contributed by atoms with Crippen molar-refractivity contribution in [2.45, 2.75) is 51.4 Å². The molecule has 4 nitrogen and oxygen atoms in total. The van der Waals surface area contributed by atoms with Gasteiger partial charge in [-0.2, -0.15) is 0 Å². The molecule has 2 rings (SSSR count). The van der Waals surface area contributed by atoms with Gasteiger partial charge in [-0.1, -0.05) is 78.8 Å². The van der Waals surface area contributed by atoms with Gasteiger partial charge in [-0.05, 0) is 48.2 Å². The van der Waals surface area contributed by atoms with Gasteiger partial charge in [0.15, 0.2) is 0 Å². The lowest BCUT2D eigenvalue weighted by molar-refractivity contribution is -0.139. The summed E-state index contributed by atoms with van der Waals surface area (Å²) in [4.78, 5) is 27.8. The maximum atomic E-state index is 13.3. The summed E-state index contributed by atoms with van der Waals surface area (Å²) in [5, 5.41) is 5.04. The van der Waals surface area contributed by atoms with Gasteiger partial charge in [0.1, 0.15) is 6.04 Å². The van der Waals surface area contributed by atoms with Gasteiger partial charge >= 0.3 is 0 Å². The second kappa shape index (κ2) is 14.3. The smallest absolute Gasteiger partial charge is 0.242 e. The predicted octanol–water partition coefficient (Wildman–Crippen LogP) is 7.26. The third-order valence-electron chi connectivity index (χ3n) is 5.10. The Hall–Kier alpha value is -1.11. The standard InChI is InChI=1S/C24H28Cl4N2O2S/c1-3-5-11-29-24(32)22(4-2)30(13-16-9-10-17(25)12-21(16)28)23(31)15-33-14-18-19(26)7-6-8-20(18)27/h6-10,12,22H,3-5,11,13-15H2,1-2H3,(H,29,32)/t22-/m1/s1. The Labute approximate surface area is 220 Å². The topological polar surface area (TPSA) is 49.4 Å². The second-order valence-corrected chi connectivity index (χ2v) is 10.2. The number of thioether (sulfide) groups is 1. The largest absolute Gasteiger partial charge is 0.354 e. The van der Waals surface area contributed by atoms with Crippen molar-refractivity contribution in [1.82, 2.24) is 10.2 Å². The molecule has 0 aliphatic heterocycles. The molecule has 1 atom stereocenters. The molecule has 0 aromatic heterocycles. The van der Waals surface area contributed by atoms with E-state index in [1.165, 1.54) is 11.8 Å². The molecule has 0 saturated heterocycles. The fourth-order valence-corrected chi connectivity index (χ4v) is 5.37. The van der Waals surface area contributed by atoms with Gasteiger partial charge in [-0.15, -0.1) is 11.8 Å². The van der Waals surface area contributed by atoms with E-state index in [-0.39, 0.29) is 24.1 Å². The first kappa shape index (κ1) is 28.1. The SMILES string of the molecule is CCCCNC(=O)[C@@H](CC)N(Cc1ccc(Cl)cc1Cl)C(=O)CSCc1c(Cl)cccc1Cl. The molecule has 0 saturated carbocycles. The van der Waals surface area contributed by atoms with Crippen LogP contribution in [0, 0.1) is 0 Å². The summed E-state index contributed by atoms with van der Waals surface area (Å²) in [5.74, 6) is 0.334. The number of unbranched alkanes of at least 4 members (excludes halogenated alkanes) is 1. The zero-order valence-electron chi connectivity index (χ0n) is 18.7. The quantitative estimate of drug-likeness (QED) is 0.283. The average Bonchev–Trinajstić information content (AvgIpc) is 2.77. The fourth-order valence-electron chi connectivity index (χ4n) is 3.25. The Bertz CT molecular complexity index is 938. The number of hydrogen-bond acceptors (Lipinski definition) is 3. The Balaban J connectivity index is 2.18. The van der Waals surface area contributed by atoms with Gasteiger partial charge in [0, 0.05) is 38.9 Å². The van der Waals surface area contributed by atoms with E-state index in [0.717, 1.165) is 24.0 Å². The van der Waals surface area contributed by atoms with Crippen molar-refractivity contribution in [3.05, 3.63) is 67.6 Å². The molecule has 0 aliphatic rings. The molecule has 0 heterocycles. The van der Waals surface area contributed by atoms with Crippen molar-refractivity contribution in [2.24, 2.45) is 0 Å². The first-order chi connectivity index (χ1) is 15.8. The number of rotatable bonds is 12. The Morgan fingerprint density at radius 3 is 2.33 bits per heavy atom. The van der Waals surface area contributed by atoms with Crippen LogP contribution in [0.4, 0.5) is 0 Å². The van der Waals surface area contributed by atoms with E-state index in [0.29, 0.717) is 38.8 Å². The molecule has 0 spiro atoms. The minimum absolute atomic E-state index is 0.160. The van der Waals surface area contributed by atoms with Crippen LogP contribution in [-0.2, 0) is 21.9 Å². The van der Waals surface area contributed by atoms with E-state index >= 15 is 0 Å². The Kier molecular flexibility index (Phi) is 12.2. The number of nitrogens with zero attached hydrogens (tertiary/aromatic N) is 1. The molecule has 0 bridgehead atoms. The zero-order chi connectivity index (χ0) is 24.4. The lowest BCUT2D eigenvalue weighted by Gasteiger charge is -2.31. The maximum Gasteiger partial charge on any atom is 0.242 e. The van der Waals surface area contributed by atoms with Gasteiger partial charge in [-0.3, -0.25) is 9.59 Å². The summed E-state index contributed by atoms with van der Waals surface area (Å²) >= 11 is 26.3. The molecule has 2 aromatic carbocycles. The van der Waals surface area contributed by atoms with Crippen LogP contribution in [0.3, 0.4) is 0 Å². The molecular formula is C24H28Cl4N2O2S. The number of halogens is 4. The number of nitrogens with one attached hydrogen (secondary N) is 1. The summed E-state index contributed by atoms with van der Waals surface area (Å²) in [6, 6.07) is 9.86. The van der Waals surface area contributed by atoms with Gasteiger partial charge in [0.05, 0.1) is 5.75 Å². The number of carbonyl (C=O) groups excluding carboxylic acids is 2. The van der Waals surface area contributed by atoms with E-state index in [2.05, 4.69) is 12.2 Å². The van der Waals surface area contributed by atoms with Gasteiger partial charge in [0.25, 0.3) is 0 Å². The Morgan fingerprint density at radius 1 is 1.03 bits per heavy atom. The van der Waals surface area contributed by atoms with Crippen LogP contribution in [0.1, 0.15) is 44.2 Å². The molecule has 2 aromatic rings.